The lowest BCUT2D eigenvalue weighted by atomic mass is 9.64. The second-order valence-corrected chi connectivity index (χ2v) is 18.4. The van der Waals surface area contributed by atoms with Crippen molar-refractivity contribution in [3.05, 3.63) is 147 Å². The molecule has 4 atom stereocenters. The van der Waals surface area contributed by atoms with E-state index in [1.54, 1.807) is 23.6 Å². The van der Waals surface area contributed by atoms with Crippen LogP contribution in [0, 0.1) is 17.0 Å². The Kier molecular flexibility index (Phi) is 10.8. The lowest BCUT2D eigenvalue weighted by molar-refractivity contribution is -0.0731. The van der Waals surface area contributed by atoms with Gasteiger partial charge in [0.05, 0.1) is 11.7 Å². The Morgan fingerprint density at radius 2 is 1.74 bits per heavy atom. The second kappa shape index (κ2) is 15.2. The van der Waals surface area contributed by atoms with E-state index < -0.39 is 50.5 Å². The Hall–Kier alpha value is -4.06. The van der Waals surface area contributed by atoms with Gasteiger partial charge in [-0.25, -0.2) is 17.2 Å². The quantitative estimate of drug-likeness (QED) is 0.121. The fourth-order valence-corrected chi connectivity index (χ4v) is 11.3. The third-order valence-corrected chi connectivity index (χ3v) is 15.0. The van der Waals surface area contributed by atoms with E-state index in [1.165, 1.54) is 10.4 Å². The van der Waals surface area contributed by atoms with Crippen LogP contribution >= 0.6 is 11.3 Å². The third kappa shape index (κ3) is 7.34. The lowest BCUT2D eigenvalue weighted by Crippen LogP contribution is -2.53. The largest absolute Gasteiger partial charge is 0.393 e. The van der Waals surface area contributed by atoms with Crippen molar-refractivity contribution in [3.8, 4) is 0 Å². The van der Waals surface area contributed by atoms with Crippen molar-refractivity contribution in [1.82, 2.24) is 4.31 Å². The van der Waals surface area contributed by atoms with Crippen molar-refractivity contribution in [1.29, 1.82) is 0 Å². The standard InChI is InChI=1S/C44H45F2NO5S2/c1-29-8-6-21-43(2)38(36-18-15-30(24-34(48)17-14-29)25-37(36)42(49)32-16-19-39(45)40(46)26-32)20-22-44(43,50)28-47(54(51,52)41-13-7-23-53-41)27-33-11-5-10-31-9-3-4-12-35(31)33/h3-5,7-13,15-16,18-19,23,25-26,34,38,48,50H,6,14,17,20-22,24,27-28H2,1-2H3/t34-,38-,43-,44+/m0/s1. The molecule has 54 heavy (non-hydrogen) atoms. The maximum Gasteiger partial charge on any atom is 0.252 e. The van der Waals surface area contributed by atoms with E-state index in [0.717, 1.165) is 50.9 Å². The summed E-state index contributed by atoms with van der Waals surface area (Å²) in [4.78, 5) is 14.3. The maximum absolute atomic E-state index is 14.5. The molecule has 1 saturated carbocycles. The van der Waals surface area contributed by atoms with Crippen LogP contribution in [0.3, 0.4) is 0 Å². The first-order valence-electron chi connectivity index (χ1n) is 18.5. The van der Waals surface area contributed by atoms with Gasteiger partial charge >= 0.3 is 0 Å². The number of halogens is 2. The summed E-state index contributed by atoms with van der Waals surface area (Å²) in [6, 6.07) is 25.6. The summed E-state index contributed by atoms with van der Waals surface area (Å²) in [5.74, 6) is -3.07. The molecule has 0 radical (unpaired) electrons. The Bertz CT molecular complexity index is 2320. The van der Waals surface area contributed by atoms with Crippen LogP contribution in [0.15, 0.2) is 112 Å². The molecule has 5 aromatic rings. The number of allylic oxidation sites excluding steroid dienone is 2. The van der Waals surface area contributed by atoms with Crippen LogP contribution in [0.4, 0.5) is 8.78 Å². The van der Waals surface area contributed by atoms with Crippen LogP contribution < -0.4 is 0 Å². The zero-order valence-corrected chi connectivity index (χ0v) is 32.1. The third-order valence-electron chi connectivity index (χ3n) is 11.9. The Balaban J connectivity index is 1.35. The molecule has 6 nitrogen and oxygen atoms in total. The molecule has 0 unspecified atom stereocenters. The molecular formula is C44H45F2NO5S2. The normalized spacial score (nSPS) is 23.6. The highest BCUT2D eigenvalue weighted by molar-refractivity contribution is 7.91. The van der Waals surface area contributed by atoms with Gasteiger partial charge in [-0.15, -0.1) is 11.3 Å². The fraction of sp³-hybridized carbons (Fsp3) is 0.341. The van der Waals surface area contributed by atoms with Gasteiger partial charge in [0.15, 0.2) is 17.4 Å². The number of thiophene rings is 1. The van der Waals surface area contributed by atoms with Crippen molar-refractivity contribution in [2.24, 2.45) is 5.41 Å². The van der Waals surface area contributed by atoms with E-state index >= 15 is 0 Å². The van der Waals surface area contributed by atoms with Crippen LogP contribution in [0.5, 0.6) is 0 Å². The number of benzene rings is 4. The molecule has 0 saturated heterocycles. The number of ketones is 1. The average Bonchev–Trinajstić information content (AvgIpc) is 3.79. The van der Waals surface area contributed by atoms with Crippen LogP contribution in [0.2, 0.25) is 0 Å². The number of sulfonamides is 1. The number of fused-ring (bicyclic) bond motifs is 9. The first-order valence-corrected chi connectivity index (χ1v) is 20.8. The highest BCUT2D eigenvalue weighted by Crippen LogP contribution is 2.59. The van der Waals surface area contributed by atoms with Crippen LogP contribution in [0.25, 0.3) is 10.8 Å². The monoisotopic (exact) mass is 769 g/mol. The molecule has 282 valence electrons. The first kappa shape index (κ1) is 38.2. The van der Waals surface area contributed by atoms with Crippen LogP contribution in [0.1, 0.15) is 90.9 Å². The average molecular weight is 770 g/mol. The van der Waals surface area contributed by atoms with Crippen molar-refractivity contribution in [2.45, 2.75) is 87.2 Å². The van der Waals surface area contributed by atoms with Gasteiger partial charge in [0, 0.05) is 29.6 Å². The van der Waals surface area contributed by atoms with Gasteiger partial charge < -0.3 is 10.2 Å². The van der Waals surface area contributed by atoms with E-state index in [0.29, 0.717) is 49.7 Å². The molecule has 8 rings (SSSR count). The molecule has 10 heteroatoms. The zero-order valence-electron chi connectivity index (χ0n) is 30.5. The Morgan fingerprint density at radius 3 is 2.52 bits per heavy atom. The summed E-state index contributed by atoms with van der Waals surface area (Å²) in [7, 11) is -4.06. The highest BCUT2D eigenvalue weighted by Gasteiger charge is 2.58. The van der Waals surface area contributed by atoms with E-state index in [1.807, 2.05) is 68.4 Å². The highest BCUT2D eigenvalue weighted by atomic mass is 32.2. The number of nitrogens with zero attached hydrogens (tertiary/aromatic N) is 1. The minimum Gasteiger partial charge on any atom is -0.393 e. The molecule has 0 amide bonds. The summed E-state index contributed by atoms with van der Waals surface area (Å²) in [5.41, 5.74) is 1.16. The second-order valence-electron chi connectivity index (χ2n) is 15.2. The Labute approximate surface area is 319 Å². The van der Waals surface area contributed by atoms with Crippen molar-refractivity contribution in [3.63, 3.8) is 0 Å². The molecule has 2 N–H and O–H groups in total. The summed E-state index contributed by atoms with van der Waals surface area (Å²) in [6.07, 6.45) is 4.77. The van der Waals surface area contributed by atoms with Gasteiger partial charge in [0.25, 0.3) is 10.0 Å². The first-order chi connectivity index (χ1) is 25.8. The van der Waals surface area contributed by atoms with E-state index in [2.05, 4.69) is 6.08 Å². The van der Waals surface area contributed by atoms with Gasteiger partial charge in [-0.3, -0.25) is 4.79 Å². The number of carbonyl (C=O) groups is 1. The fourth-order valence-electron chi connectivity index (χ4n) is 8.66. The molecule has 0 spiro atoms. The topological polar surface area (TPSA) is 94.9 Å². The maximum atomic E-state index is 14.5. The number of carbonyl (C=O) groups excluding carboxylic acids is 1. The number of aliphatic hydroxyl groups is 2. The van der Waals surface area contributed by atoms with E-state index in [9.17, 15) is 32.2 Å². The molecular weight excluding hydrogens is 725 g/mol. The molecule has 0 aliphatic heterocycles. The van der Waals surface area contributed by atoms with Gasteiger partial charge in [-0.05, 0) is 121 Å². The molecule has 1 heterocycles. The van der Waals surface area contributed by atoms with Crippen LogP contribution in [-0.2, 0) is 23.0 Å². The predicted molar refractivity (Wildman–Crippen MR) is 209 cm³/mol. The molecule has 3 aliphatic carbocycles. The molecule has 1 fully saturated rings. The zero-order chi connectivity index (χ0) is 38.3. The SMILES string of the molecule is CC1=CCC[C@@]2(C)[C@@H](CC[C@@]2(O)CN(Cc2cccc3ccccc23)S(=O)(=O)c2cccs2)c2ccc(cc2C(=O)c2ccc(F)c(F)c2)C[C@@H](O)CC1. The van der Waals surface area contributed by atoms with Gasteiger partial charge in [0.1, 0.15) is 4.21 Å². The number of aliphatic hydroxyl groups excluding tert-OH is 1. The minimum absolute atomic E-state index is 0.00853. The summed E-state index contributed by atoms with van der Waals surface area (Å²) >= 11 is 1.14. The Morgan fingerprint density at radius 1 is 0.944 bits per heavy atom. The van der Waals surface area contributed by atoms with E-state index in [-0.39, 0.29) is 29.3 Å². The molecule has 4 aromatic carbocycles. The molecule has 3 aliphatic rings. The number of rotatable bonds is 8. The van der Waals surface area contributed by atoms with Crippen LogP contribution in [-0.4, -0.2) is 47.0 Å². The molecule has 2 bridgehead atoms. The van der Waals surface area contributed by atoms with Crippen molar-refractivity contribution >= 4 is 37.9 Å². The van der Waals surface area contributed by atoms with Crippen molar-refractivity contribution < 1.29 is 32.2 Å². The molecule has 1 aromatic heterocycles. The number of hydrogen-bond acceptors (Lipinski definition) is 6. The van der Waals surface area contributed by atoms with Gasteiger partial charge in [0.2, 0.25) is 0 Å². The minimum atomic E-state index is -4.06. The van der Waals surface area contributed by atoms with Crippen molar-refractivity contribution in [2.75, 3.05) is 6.54 Å². The number of hydrogen-bond donors (Lipinski definition) is 2. The summed E-state index contributed by atoms with van der Waals surface area (Å²) < 4.78 is 59.1. The lowest BCUT2D eigenvalue weighted by Gasteiger charge is -2.46. The van der Waals surface area contributed by atoms with E-state index in [4.69, 9.17) is 0 Å². The smallest absolute Gasteiger partial charge is 0.252 e. The summed E-state index contributed by atoms with van der Waals surface area (Å²) in [6.45, 7) is 3.89. The van der Waals surface area contributed by atoms with Gasteiger partial charge in [-0.1, -0.05) is 79.2 Å². The van der Waals surface area contributed by atoms with Gasteiger partial charge in [-0.2, -0.15) is 4.31 Å². The predicted octanol–water partition coefficient (Wildman–Crippen LogP) is 9.34. The summed E-state index contributed by atoms with van der Waals surface area (Å²) in [5, 5.41) is 27.7.